The molecule has 0 atom stereocenters. The molecule has 0 spiro atoms. The summed E-state index contributed by atoms with van der Waals surface area (Å²) in [4.78, 5) is 11.4. The molecule has 0 aromatic heterocycles. The summed E-state index contributed by atoms with van der Waals surface area (Å²) in [5, 5.41) is 0. The summed E-state index contributed by atoms with van der Waals surface area (Å²) in [6.45, 7) is 8.46. The van der Waals surface area contributed by atoms with Gasteiger partial charge in [-0.1, -0.05) is 82.3 Å². The number of rotatable bonds is 7. The average molecular weight is 336 g/mol. The molecule has 132 valence electrons. The number of esters is 1. The largest absolute Gasteiger partial charge is 0.461 e. The number of carbonyl (C=O) groups is 1. The van der Waals surface area contributed by atoms with Crippen LogP contribution in [0.4, 0.5) is 0 Å². The molecule has 2 aromatic carbocycles. The summed E-state index contributed by atoms with van der Waals surface area (Å²) in [5.74, 6) is 0.428. The number of benzene rings is 2. The zero-order valence-electron chi connectivity index (χ0n) is 15.7. The van der Waals surface area contributed by atoms with Crippen LogP contribution >= 0.6 is 0 Å². The van der Waals surface area contributed by atoms with Crippen molar-refractivity contribution < 1.29 is 9.53 Å². The summed E-state index contributed by atoms with van der Waals surface area (Å²) in [7, 11) is 0. The van der Waals surface area contributed by atoms with E-state index in [-0.39, 0.29) is 11.9 Å². The Kier molecular flexibility index (Phi) is 7.00. The van der Waals surface area contributed by atoms with Crippen molar-refractivity contribution in [2.75, 3.05) is 6.61 Å². The Morgan fingerprint density at radius 2 is 1.48 bits per heavy atom. The van der Waals surface area contributed by atoms with Crippen molar-refractivity contribution in [3.63, 3.8) is 0 Å². The maximum atomic E-state index is 11.4. The highest BCUT2D eigenvalue weighted by molar-refractivity contribution is 5.71. The molecule has 2 aromatic rings. The minimum absolute atomic E-state index is 0.0837. The Labute approximate surface area is 151 Å². The highest BCUT2D eigenvalue weighted by Crippen LogP contribution is 2.21. The van der Waals surface area contributed by atoms with Crippen LogP contribution in [0, 0.1) is 11.8 Å². The highest BCUT2D eigenvalue weighted by atomic mass is 16.5. The highest BCUT2D eigenvalue weighted by Gasteiger charge is 2.06. The Morgan fingerprint density at radius 1 is 0.920 bits per heavy atom. The van der Waals surface area contributed by atoms with E-state index in [1.807, 2.05) is 26.0 Å². The third kappa shape index (κ3) is 6.22. The second-order valence-corrected chi connectivity index (χ2v) is 7.10. The van der Waals surface area contributed by atoms with E-state index < -0.39 is 0 Å². The Morgan fingerprint density at radius 3 is 2.00 bits per heavy atom. The zero-order valence-corrected chi connectivity index (χ0v) is 15.7. The van der Waals surface area contributed by atoms with Gasteiger partial charge in [-0.05, 0) is 40.7 Å². The van der Waals surface area contributed by atoms with Crippen molar-refractivity contribution in [2.24, 2.45) is 11.8 Å². The summed E-state index contributed by atoms with van der Waals surface area (Å²) in [5.41, 5.74) is 4.92. The fourth-order valence-electron chi connectivity index (χ4n) is 2.57. The lowest BCUT2D eigenvalue weighted by molar-refractivity contribution is -0.145. The molecule has 0 saturated heterocycles. The average Bonchev–Trinajstić information content (AvgIpc) is 2.59. The van der Waals surface area contributed by atoms with Crippen LogP contribution in [0.2, 0.25) is 0 Å². The molecule has 0 unspecified atom stereocenters. The summed E-state index contributed by atoms with van der Waals surface area (Å²) in [6.07, 6.45) is 4.96. The zero-order chi connectivity index (χ0) is 18.2. The molecule has 0 saturated carbocycles. The minimum Gasteiger partial charge on any atom is -0.461 e. The van der Waals surface area contributed by atoms with Gasteiger partial charge in [0.05, 0.1) is 5.92 Å². The Hall–Kier alpha value is -2.35. The van der Waals surface area contributed by atoms with Crippen molar-refractivity contribution in [1.82, 2.24) is 0 Å². The summed E-state index contributed by atoms with van der Waals surface area (Å²) >= 11 is 0. The van der Waals surface area contributed by atoms with Crippen molar-refractivity contribution in [3.8, 4) is 11.1 Å². The molecular weight excluding hydrogens is 308 g/mol. The molecule has 0 radical (unpaired) electrons. The fraction of sp³-hybridized carbons (Fsp3) is 0.348. The topological polar surface area (TPSA) is 26.3 Å². The number of ether oxygens (including phenoxy) is 1. The van der Waals surface area contributed by atoms with E-state index in [1.54, 1.807) is 0 Å². The second kappa shape index (κ2) is 9.22. The predicted molar refractivity (Wildman–Crippen MR) is 105 cm³/mol. The van der Waals surface area contributed by atoms with Gasteiger partial charge in [-0.15, -0.1) is 0 Å². The van der Waals surface area contributed by atoms with Crippen molar-refractivity contribution in [3.05, 3.63) is 65.7 Å². The molecule has 25 heavy (non-hydrogen) atoms. The minimum atomic E-state index is -0.166. The molecule has 2 nitrogen and oxygen atoms in total. The molecule has 0 aliphatic carbocycles. The van der Waals surface area contributed by atoms with Crippen LogP contribution in [-0.2, 0) is 16.0 Å². The van der Waals surface area contributed by atoms with E-state index in [4.69, 9.17) is 4.74 Å². The molecule has 0 fully saturated rings. The van der Waals surface area contributed by atoms with Crippen LogP contribution in [0.15, 0.2) is 54.6 Å². The van der Waals surface area contributed by atoms with Crippen LogP contribution in [-0.4, -0.2) is 12.6 Å². The quantitative estimate of drug-likeness (QED) is 0.600. The van der Waals surface area contributed by atoms with Gasteiger partial charge in [0.1, 0.15) is 6.61 Å². The SMILES string of the molecule is CC(C)Cc1ccc(-c2ccc(/C=C/COC(=O)C(C)C)cc2)cc1. The summed E-state index contributed by atoms with van der Waals surface area (Å²) in [6, 6.07) is 17.2. The maximum Gasteiger partial charge on any atom is 0.308 e. The van der Waals surface area contributed by atoms with Crippen LogP contribution in [0.3, 0.4) is 0 Å². The predicted octanol–water partition coefficient (Wildman–Crippen LogP) is 5.76. The van der Waals surface area contributed by atoms with Crippen LogP contribution < -0.4 is 0 Å². The molecule has 0 aliphatic rings. The van der Waals surface area contributed by atoms with E-state index in [1.165, 1.54) is 16.7 Å². The smallest absolute Gasteiger partial charge is 0.308 e. The van der Waals surface area contributed by atoms with Gasteiger partial charge in [-0.2, -0.15) is 0 Å². The van der Waals surface area contributed by atoms with E-state index in [0.717, 1.165) is 12.0 Å². The van der Waals surface area contributed by atoms with Crippen molar-refractivity contribution in [1.29, 1.82) is 0 Å². The first kappa shape index (κ1) is 19.0. The van der Waals surface area contributed by atoms with Crippen LogP contribution in [0.25, 0.3) is 17.2 Å². The van der Waals surface area contributed by atoms with Gasteiger partial charge in [0.15, 0.2) is 0 Å². The van der Waals surface area contributed by atoms with Crippen LogP contribution in [0.5, 0.6) is 0 Å². The number of carbonyl (C=O) groups excluding carboxylic acids is 1. The Bertz CT molecular complexity index is 692. The third-order valence-corrected chi connectivity index (χ3v) is 3.95. The van der Waals surface area contributed by atoms with Crippen LogP contribution in [0.1, 0.15) is 38.8 Å². The van der Waals surface area contributed by atoms with Gasteiger partial charge in [0, 0.05) is 0 Å². The first-order valence-corrected chi connectivity index (χ1v) is 8.98. The monoisotopic (exact) mass is 336 g/mol. The number of hydrogen-bond acceptors (Lipinski definition) is 2. The molecule has 2 rings (SSSR count). The molecule has 2 heteroatoms. The second-order valence-electron chi connectivity index (χ2n) is 7.10. The number of hydrogen-bond donors (Lipinski definition) is 0. The first-order chi connectivity index (χ1) is 12.0. The lowest BCUT2D eigenvalue weighted by atomic mass is 9.98. The van der Waals surface area contributed by atoms with Crippen molar-refractivity contribution >= 4 is 12.0 Å². The van der Waals surface area contributed by atoms with Gasteiger partial charge in [-0.25, -0.2) is 0 Å². The summed E-state index contributed by atoms with van der Waals surface area (Å²) < 4.78 is 5.13. The van der Waals surface area contributed by atoms with E-state index >= 15 is 0 Å². The molecule has 0 amide bonds. The van der Waals surface area contributed by atoms with E-state index in [0.29, 0.717) is 12.5 Å². The first-order valence-electron chi connectivity index (χ1n) is 8.98. The van der Waals surface area contributed by atoms with Gasteiger partial charge in [-0.3, -0.25) is 4.79 Å². The lowest BCUT2D eigenvalue weighted by Gasteiger charge is -2.07. The van der Waals surface area contributed by atoms with Gasteiger partial charge in [0.2, 0.25) is 0 Å². The molecule has 0 aliphatic heterocycles. The molecule has 0 N–H and O–H groups in total. The molecule has 0 bridgehead atoms. The normalized spacial score (nSPS) is 11.4. The van der Waals surface area contributed by atoms with Crippen molar-refractivity contribution in [2.45, 2.75) is 34.1 Å². The third-order valence-electron chi connectivity index (χ3n) is 3.95. The molecular formula is C23H28O2. The lowest BCUT2D eigenvalue weighted by Crippen LogP contribution is -2.11. The Balaban J connectivity index is 1.94. The van der Waals surface area contributed by atoms with E-state index in [2.05, 4.69) is 62.4 Å². The van der Waals surface area contributed by atoms with Gasteiger partial charge < -0.3 is 4.74 Å². The maximum absolute atomic E-state index is 11.4. The standard InChI is InChI=1S/C23H28O2/c1-17(2)16-20-9-13-22(14-10-20)21-11-7-19(8-12-21)6-5-15-25-23(24)18(3)4/h5-14,17-18H,15-16H2,1-4H3/b6-5+. The van der Waals surface area contributed by atoms with Gasteiger partial charge >= 0.3 is 5.97 Å². The van der Waals surface area contributed by atoms with Gasteiger partial charge in [0.25, 0.3) is 0 Å². The fourth-order valence-corrected chi connectivity index (χ4v) is 2.57. The molecule has 0 heterocycles. The van der Waals surface area contributed by atoms with E-state index in [9.17, 15) is 4.79 Å².